The van der Waals surface area contributed by atoms with Gasteiger partial charge in [-0.1, -0.05) is 25.6 Å². The molecule has 10 heteroatoms. The highest BCUT2D eigenvalue weighted by Gasteiger charge is 2.15. The summed E-state index contributed by atoms with van der Waals surface area (Å²) < 4.78 is 8.01. The smallest absolute Gasteiger partial charge is 0.251 e. The molecule has 0 aliphatic carbocycles. The number of hydrogen-bond donors (Lipinski definition) is 2. The molecule has 2 aromatic carbocycles. The minimum atomic E-state index is -0.215. The van der Waals surface area contributed by atoms with E-state index in [1.807, 2.05) is 19.2 Å². The molecule has 0 saturated heterocycles. The first-order chi connectivity index (χ1) is 15.8. The van der Waals surface area contributed by atoms with Crippen LogP contribution in [0.4, 0.5) is 5.69 Å². The zero-order valence-electron chi connectivity index (χ0n) is 18.9. The van der Waals surface area contributed by atoms with E-state index in [2.05, 4.69) is 63.3 Å². The zero-order chi connectivity index (χ0) is 24.0. The number of aromatic nitrogens is 3. The van der Waals surface area contributed by atoms with Crippen LogP contribution in [-0.2, 0) is 18.4 Å². The minimum Gasteiger partial charge on any atom is -0.497 e. The average molecular weight is 579 g/mol. The van der Waals surface area contributed by atoms with Crippen LogP contribution in [0.25, 0.3) is 0 Å². The van der Waals surface area contributed by atoms with Crippen molar-refractivity contribution in [1.82, 2.24) is 20.1 Å². The average Bonchev–Trinajstić information content (AvgIpc) is 3.16. The topological polar surface area (TPSA) is 98.1 Å². The number of nitrogens with one attached hydrogen (secondary N) is 2. The maximum absolute atomic E-state index is 12.5. The predicted octanol–water partition coefficient (Wildman–Crippen LogP) is 4.21. The number of rotatable bonds is 9. The van der Waals surface area contributed by atoms with E-state index in [-0.39, 0.29) is 24.1 Å². The van der Waals surface area contributed by atoms with E-state index in [4.69, 9.17) is 4.74 Å². The Kier molecular flexibility index (Phi) is 8.73. The van der Waals surface area contributed by atoms with Crippen molar-refractivity contribution in [2.24, 2.45) is 7.05 Å². The molecule has 1 aromatic heterocycles. The van der Waals surface area contributed by atoms with Crippen molar-refractivity contribution >= 4 is 51.9 Å². The SMILES string of the molecule is COc1ccc(C(=O)NCc2nnc(SCC(=O)Nc3ccc(I)cc3C(C)C)n2C)cc1. The van der Waals surface area contributed by atoms with Gasteiger partial charge in [0.05, 0.1) is 19.4 Å². The maximum Gasteiger partial charge on any atom is 0.251 e. The van der Waals surface area contributed by atoms with Crippen molar-refractivity contribution in [3.63, 3.8) is 0 Å². The van der Waals surface area contributed by atoms with Crippen LogP contribution in [0.1, 0.15) is 41.5 Å². The second-order valence-electron chi connectivity index (χ2n) is 7.59. The van der Waals surface area contributed by atoms with E-state index in [1.165, 1.54) is 11.8 Å². The van der Waals surface area contributed by atoms with Crippen LogP contribution in [0.5, 0.6) is 5.75 Å². The van der Waals surface area contributed by atoms with Gasteiger partial charge in [0.15, 0.2) is 11.0 Å². The van der Waals surface area contributed by atoms with Gasteiger partial charge >= 0.3 is 0 Å². The van der Waals surface area contributed by atoms with Gasteiger partial charge < -0.3 is 19.9 Å². The van der Waals surface area contributed by atoms with E-state index < -0.39 is 0 Å². The van der Waals surface area contributed by atoms with Gasteiger partial charge in [0.1, 0.15) is 5.75 Å². The maximum atomic E-state index is 12.5. The lowest BCUT2D eigenvalue weighted by Crippen LogP contribution is -2.24. The number of carbonyl (C=O) groups is 2. The van der Waals surface area contributed by atoms with Gasteiger partial charge in [-0.2, -0.15) is 0 Å². The number of hydrogen-bond acceptors (Lipinski definition) is 6. The Balaban J connectivity index is 1.54. The van der Waals surface area contributed by atoms with Crippen LogP contribution in [0.15, 0.2) is 47.6 Å². The molecular formula is C23H26IN5O3S. The summed E-state index contributed by atoms with van der Waals surface area (Å²) in [4.78, 5) is 24.9. The van der Waals surface area contributed by atoms with Crippen LogP contribution in [0.3, 0.4) is 0 Å². The molecule has 0 radical (unpaired) electrons. The Bertz CT molecular complexity index is 1130. The lowest BCUT2D eigenvalue weighted by molar-refractivity contribution is -0.113. The molecule has 33 heavy (non-hydrogen) atoms. The second kappa shape index (κ2) is 11.5. The molecule has 3 aromatic rings. The Hall–Kier alpha value is -2.60. The molecule has 1 heterocycles. The van der Waals surface area contributed by atoms with E-state index in [0.717, 1.165) is 14.8 Å². The van der Waals surface area contributed by atoms with E-state index in [1.54, 1.807) is 35.9 Å². The monoisotopic (exact) mass is 579 g/mol. The number of ether oxygens (including phenoxy) is 1. The Morgan fingerprint density at radius 1 is 1.15 bits per heavy atom. The minimum absolute atomic E-state index is 0.111. The molecular weight excluding hydrogens is 553 g/mol. The summed E-state index contributed by atoms with van der Waals surface area (Å²) in [6, 6.07) is 12.9. The summed E-state index contributed by atoms with van der Waals surface area (Å²) in [6.07, 6.45) is 0. The zero-order valence-corrected chi connectivity index (χ0v) is 21.9. The number of amides is 2. The summed E-state index contributed by atoms with van der Waals surface area (Å²) in [7, 11) is 3.39. The molecule has 0 atom stereocenters. The van der Waals surface area contributed by atoms with Crippen molar-refractivity contribution in [2.45, 2.75) is 31.5 Å². The highest BCUT2D eigenvalue weighted by molar-refractivity contribution is 14.1. The number of anilines is 1. The number of halogens is 1. The molecule has 2 N–H and O–H groups in total. The number of methoxy groups -OCH3 is 1. The number of benzene rings is 2. The van der Waals surface area contributed by atoms with Gasteiger partial charge in [-0.3, -0.25) is 9.59 Å². The first-order valence-electron chi connectivity index (χ1n) is 10.3. The molecule has 174 valence electrons. The third-order valence-electron chi connectivity index (χ3n) is 4.93. The van der Waals surface area contributed by atoms with Crippen LogP contribution in [0, 0.1) is 3.57 Å². The Labute approximate surface area is 211 Å². The van der Waals surface area contributed by atoms with Gasteiger partial charge in [-0.25, -0.2) is 0 Å². The highest BCUT2D eigenvalue weighted by Crippen LogP contribution is 2.26. The Morgan fingerprint density at radius 3 is 2.55 bits per heavy atom. The molecule has 0 bridgehead atoms. The summed E-state index contributed by atoms with van der Waals surface area (Å²) >= 11 is 3.57. The summed E-state index contributed by atoms with van der Waals surface area (Å²) in [5.74, 6) is 1.46. The quantitative estimate of drug-likeness (QED) is 0.291. The van der Waals surface area contributed by atoms with Gasteiger partial charge in [-0.15, -0.1) is 10.2 Å². The second-order valence-corrected chi connectivity index (χ2v) is 9.78. The van der Waals surface area contributed by atoms with E-state index in [0.29, 0.717) is 28.2 Å². The van der Waals surface area contributed by atoms with Crippen LogP contribution in [-0.4, -0.2) is 39.4 Å². The van der Waals surface area contributed by atoms with E-state index in [9.17, 15) is 9.59 Å². The fraction of sp³-hybridized carbons (Fsp3) is 0.304. The first-order valence-corrected chi connectivity index (χ1v) is 12.4. The van der Waals surface area contributed by atoms with Gasteiger partial charge in [0.2, 0.25) is 5.91 Å². The third kappa shape index (κ3) is 6.70. The molecule has 0 unspecified atom stereocenters. The summed E-state index contributed by atoms with van der Waals surface area (Å²) in [6.45, 7) is 4.43. The molecule has 0 saturated carbocycles. The van der Waals surface area contributed by atoms with Crippen molar-refractivity contribution in [1.29, 1.82) is 0 Å². The van der Waals surface area contributed by atoms with Gasteiger partial charge in [0, 0.05) is 21.9 Å². The molecule has 2 amide bonds. The van der Waals surface area contributed by atoms with Gasteiger partial charge in [0.25, 0.3) is 5.91 Å². The predicted molar refractivity (Wildman–Crippen MR) is 138 cm³/mol. The van der Waals surface area contributed by atoms with Gasteiger partial charge in [-0.05, 0) is 76.5 Å². The van der Waals surface area contributed by atoms with Crippen molar-refractivity contribution < 1.29 is 14.3 Å². The molecule has 0 aliphatic rings. The van der Waals surface area contributed by atoms with E-state index >= 15 is 0 Å². The standard InChI is InChI=1S/C23H26IN5O3S/c1-14(2)18-11-16(24)7-10-19(18)26-21(30)13-33-23-28-27-20(29(23)3)12-25-22(31)15-5-8-17(32-4)9-6-15/h5-11,14H,12-13H2,1-4H3,(H,25,31)(H,26,30). The van der Waals surface area contributed by atoms with Crippen molar-refractivity contribution in [3.8, 4) is 5.75 Å². The number of thioether (sulfide) groups is 1. The van der Waals surface area contributed by atoms with Crippen LogP contribution < -0.4 is 15.4 Å². The summed E-state index contributed by atoms with van der Waals surface area (Å²) in [5, 5.41) is 14.7. The molecule has 0 fully saturated rings. The van der Waals surface area contributed by atoms with Crippen molar-refractivity contribution in [3.05, 3.63) is 63.0 Å². The first kappa shape index (κ1) is 25.0. The molecule has 8 nitrogen and oxygen atoms in total. The van der Waals surface area contributed by atoms with Crippen LogP contribution in [0.2, 0.25) is 0 Å². The fourth-order valence-corrected chi connectivity index (χ4v) is 4.32. The highest BCUT2D eigenvalue weighted by atomic mass is 127. The molecule has 0 aliphatic heterocycles. The number of nitrogens with zero attached hydrogens (tertiary/aromatic N) is 3. The van der Waals surface area contributed by atoms with Crippen LogP contribution >= 0.6 is 34.4 Å². The normalized spacial score (nSPS) is 10.8. The summed E-state index contributed by atoms with van der Waals surface area (Å²) in [5.41, 5.74) is 2.46. The lowest BCUT2D eigenvalue weighted by Gasteiger charge is -2.14. The molecule has 0 spiro atoms. The fourth-order valence-electron chi connectivity index (χ4n) is 3.07. The Morgan fingerprint density at radius 2 is 1.88 bits per heavy atom. The molecule has 3 rings (SSSR count). The third-order valence-corrected chi connectivity index (χ3v) is 6.62. The lowest BCUT2D eigenvalue weighted by atomic mass is 10.0. The largest absolute Gasteiger partial charge is 0.497 e. The number of carbonyl (C=O) groups excluding carboxylic acids is 2. The van der Waals surface area contributed by atoms with Crippen molar-refractivity contribution in [2.75, 3.05) is 18.2 Å².